The molecule has 0 bridgehead atoms. The minimum Gasteiger partial charge on any atom is -0.370 e. The molecule has 29 heavy (non-hydrogen) atoms. The van der Waals surface area contributed by atoms with E-state index in [-0.39, 0.29) is 0 Å². The van der Waals surface area contributed by atoms with E-state index in [9.17, 15) is 8.42 Å². The lowest BCUT2D eigenvalue weighted by Crippen LogP contribution is -2.34. The molecule has 0 atom stereocenters. The number of benzene rings is 2. The lowest BCUT2D eigenvalue weighted by Gasteiger charge is -2.34. The van der Waals surface area contributed by atoms with Gasteiger partial charge in [0, 0.05) is 24.7 Å². The van der Waals surface area contributed by atoms with E-state index in [1.807, 2.05) is 39.0 Å². The number of piperidine rings is 1. The molecule has 0 radical (unpaired) electrons. The van der Waals surface area contributed by atoms with Gasteiger partial charge in [0.05, 0.1) is 16.1 Å². The Morgan fingerprint density at radius 3 is 2.24 bits per heavy atom. The Bertz CT molecular complexity index is 1160. The molecule has 1 aromatic heterocycles. The Morgan fingerprint density at radius 2 is 1.59 bits per heavy atom. The number of aromatic nitrogens is 1. The number of fused-ring (bicyclic) bond motifs is 1. The Labute approximate surface area is 173 Å². The van der Waals surface area contributed by atoms with Gasteiger partial charge in [-0.2, -0.15) is 0 Å². The van der Waals surface area contributed by atoms with Crippen molar-refractivity contribution in [1.82, 2.24) is 4.98 Å². The van der Waals surface area contributed by atoms with Crippen LogP contribution >= 0.6 is 0 Å². The van der Waals surface area contributed by atoms with Crippen molar-refractivity contribution in [1.29, 1.82) is 0 Å². The second-order valence-corrected chi connectivity index (χ2v) is 10.4. The van der Waals surface area contributed by atoms with E-state index in [1.165, 1.54) is 0 Å². The van der Waals surface area contributed by atoms with Crippen LogP contribution in [0, 0.1) is 26.7 Å². The second kappa shape index (κ2) is 7.45. The summed E-state index contributed by atoms with van der Waals surface area (Å²) in [6.45, 7) is 9.89. The normalized spacial score (nSPS) is 15.8. The fraction of sp³-hybridized carbons (Fsp3) is 0.375. The fourth-order valence-corrected chi connectivity index (χ4v) is 5.87. The van der Waals surface area contributed by atoms with Crippen LogP contribution in [0.5, 0.6) is 0 Å². The number of nitrogens with zero attached hydrogens (tertiary/aromatic N) is 2. The molecule has 0 amide bonds. The lowest BCUT2D eigenvalue weighted by molar-refractivity contribution is 0.437. The molecular weight excluding hydrogens is 380 g/mol. The zero-order valence-corrected chi connectivity index (χ0v) is 18.4. The molecule has 152 valence electrons. The fourth-order valence-electron chi connectivity index (χ4n) is 4.24. The topological polar surface area (TPSA) is 50.3 Å². The zero-order chi connectivity index (χ0) is 20.8. The molecule has 1 saturated heterocycles. The molecule has 2 aromatic carbocycles. The predicted molar refractivity (Wildman–Crippen MR) is 118 cm³/mol. The number of anilines is 1. The number of hydrogen-bond acceptors (Lipinski definition) is 4. The summed E-state index contributed by atoms with van der Waals surface area (Å²) < 4.78 is 27.5. The Kier molecular flexibility index (Phi) is 5.11. The van der Waals surface area contributed by atoms with Crippen LogP contribution in [-0.2, 0) is 9.84 Å². The van der Waals surface area contributed by atoms with Crippen LogP contribution in [0.2, 0.25) is 0 Å². The van der Waals surface area contributed by atoms with Gasteiger partial charge in [-0.05, 0) is 74.9 Å². The van der Waals surface area contributed by atoms with Gasteiger partial charge in [0.1, 0.15) is 4.90 Å². The molecule has 0 spiro atoms. The maximum Gasteiger partial charge on any atom is 0.210 e. The Hall–Kier alpha value is -2.40. The van der Waals surface area contributed by atoms with Gasteiger partial charge in [-0.15, -0.1) is 0 Å². The van der Waals surface area contributed by atoms with Gasteiger partial charge in [0.15, 0.2) is 0 Å². The summed E-state index contributed by atoms with van der Waals surface area (Å²) >= 11 is 0. The molecule has 2 heterocycles. The molecule has 1 fully saturated rings. The third-order valence-corrected chi connectivity index (χ3v) is 7.59. The average molecular weight is 409 g/mol. The van der Waals surface area contributed by atoms with Crippen LogP contribution in [-0.4, -0.2) is 26.5 Å². The van der Waals surface area contributed by atoms with E-state index in [2.05, 4.69) is 22.9 Å². The van der Waals surface area contributed by atoms with Gasteiger partial charge in [-0.25, -0.2) is 8.42 Å². The largest absolute Gasteiger partial charge is 0.370 e. The molecular formula is C24H28N2O2S. The van der Waals surface area contributed by atoms with E-state index in [0.717, 1.165) is 59.2 Å². The summed E-state index contributed by atoms with van der Waals surface area (Å²) in [7, 11) is -3.69. The predicted octanol–water partition coefficient (Wildman–Crippen LogP) is 5.23. The quantitative estimate of drug-likeness (QED) is 0.595. The Balaban J connectivity index is 1.97. The van der Waals surface area contributed by atoms with Crippen LogP contribution < -0.4 is 4.90 Å². The van der Waals surface area contributed by atoms with Crippen LogP contribution in [0.15, 0.2) is 52.4 Å². The van der Waals surface area contributed by atoms with Crippen molar-refractivity contribution < 1.29 is 8.42 Å². The number of sulfone groups is 1. The smallest absolute Gasteiger partial charge is 0.210 e. The van der Waals surface area contributed by atoms with E-state index in [1.54, 1.807) is 18.3 Å². The number of rotatable bonds is 3. The summed E-state index contributed by atoms with van der Waals surface area (Å²) in [6, 6.07) is 11.6. The lowest BCUT2D eigenvalue weighted by atomic mass is 9.98. The summed E-state index contributed by atoms with van der Waals surface area (Å²) in [6.07, 6.45) is 3.69. The minimum atomic E-state index is -3.69. The first-order valence-electron chi connectivity index (χ1n) is 10.2. The van der Waals surface area contributed by atoms with Crippen molar-refractivity contribution in [2.24, 2.45) is 5.92 Å². The third kappa shape index (κ3) is 3.76. The highest BCUT2D eigenvalue weighted by atomic mass is 32.2. The molecule has 3 aromatic rings. The highest BCUT2D eigenvalue weighted by molar-refractivity contribution is 7.91. The maximum atomic E-state index is 13.7. The summed E-state index contributed by atoms with van der Waals surface area (Å²) in [5.41, 5.74) is 4.64. The van der Waals surface area contributed by atoms with Gasteiger partial charge in [0.25, 0.3) is 0 Å². The van der Waals surface area contributed by atoms with E-state index < -0.39 is 9.84 Å². The van der Waals surface area contributed by atoms with E-state index in [0.29, 0.717) is 15.7 Å². The van der Waals surface area contributed by atoms with Crippen molar-refractivity contribution in [3.8, 4) is 0 Å². The zero-order valence-electron chi connectivity index (χ0n) is 17.6. The first-order chi connectivity index (χ1) is 13.8. The molecule has 0 saturated carbocycles. The van der Waals surface area contributed by atoms with Gasteiger partial charge < -0.3 is 4.90 Å². The molecule has 0 unspecified atom stereocenters. The van der Waals surface area contributed by atoms with Crippen molar-refractivity contribution in [3.63, 3.8) is 0 Å². The van der Waals surface area contributed by atoms with Crippen LogP contribution in [0.1, 0.15) is 36.5 Å². The molecule has 1 aliphatic heterocycles. The monoisotopic (exact) mass is 408 g/mol. The highest BCUT2D eigenvalue weighted by Crippen LogP contribution is 2.38. The number of aryl methyl sites for hydroxylation is 3. The molecule has 0 aliphatic carbocycles. The number of pyridine rings is 1. The summed E-state index contributed by atoms with van der Waals surface area (Å²) in [5, 5.41) is 0.921. The SMILES string of the molecule is Cc1cc(C)cc(S(=O)(=O)c2cnc3ccc(C)cc3c2N2CCC(C)CC2)c1. The first-order valence-corrected chi connectivity index (χ1v) is 11.7. The van der Waals surface area contributed by atoms with Gasteiger partial charge in [-0.1, -0.05) is 24.6 Å². The van der Waals surface area contributed by atoms with Crippen molar-refractivity contribution >= 4 is 26.4 Å². The minimum absolute atomic E-state index is 0.315. The van der Waals surface area contributed by atoms with Crippen LogP contribution in [0.3, 0.4) is 0 Å². The molecule has 4 rings (SSSR count). The van der Waals surface area contributed by atoms with Crippen LogP contribution in [0.25, 0.3) is 10.9 Å². The third-order valence-electron chi connectivity index (χ3n) is 5.86. The standard InChI is InChI=1S/C24H28N2O2S/c1-16-7-9-26(10-8-16)24-21-14-17(2)5-6-22(21)25-15-23(24)29(27,28)20-12-18(3)11-19(4)13-20/h5-6,11-16H,7-10H2,1-4H3. The van der Waals surface area contributed by atoms with Crippen molar-refractivity contribution in [2.45, 2.75) is 50.3 Å². The van der Waals surface area contributed by atoms with Gasteiger partial charge in [-0.3, -0.25) is 4.98 Å². The second-order valence-electron chi connectivity index (χ2n) is 8.49. The van der Waals surface area contributed by atoms with Gasteiger partial charge in [0.2, 0.25) is 9.84 Å². The Morgan fingerprint density at radius 1 is 0.931 bits per heavy atom. The van der Waals surface area contributed by atoms with Crippen LogP contribution in [0.4, 0.5) is 5.69 Å². The van der Waals surface area contributed by atoms with E-state index >= 15 is 0 Å². The molecule has 4 nitrogen and oxygen atoms in total. The molecule has 0 N–H and O–H groups in total. The van der Waals surface area contributed by atoms with Crippen molar-refractivity contribution in [3.05, 3.63) is 59.3 Å². The molecule has 5 heteroatoms. The summed E-state index contributed by atoms with van der Waals surface area (Å²) in [5.74, 6) is 0.667. The van der Waals surface area contributed by atoms with E-state index in [4.69, 9.17) is 0 Å². The number of hydrogen-bond donors (Lipinski definition) is 0. The average Bonchev–Trinajstić information content (AvgIpc) is 2.67. The summed E-state index contributed by atoms with van der Waals surface area (Å²) in [4.78, 5) is 7.43. The molecule has 1 aliphatic rings. The first kappa shape index (κ1) is 19.9. The van der Waals surface area contributed by atoms with Crippen molar-refractivity contribution in [2.75, 3.05) is 18.0 Å². The maximum absolute atomic E-state index is 13.7. The highest BCUT2D eigenvalue weighted by Gasteiger charge is 2.28. The van der Waals surface area contributed by atoms with Gasteiger partial charge >= 0.3 is 0 Å².